The lowest BCUT2D eigenvalue weighted by molar-refractivity contribution is 0.0960. The number of carbonyl (C=O) groups excluding carboxylic acids is 1. The van der Waals surface area contributed by atoms with Crippen LogP contribution in [0.15, 0.2) is 71.3 Å². The first-order valence-electron chi connectivity index (χ1n) is 10.3. The molecule has 1 atom stereocenters. The molecule has 8 heteroatoms. The van der Waals surface area contributed by atoms with E-state index in [2.05, 4.69) is 15.3 Å². The molecule has 5 aromatic rings. The maximum Gasteiger partial charge on any atom is 0.229 e. The molecule has 0 spiro atoms. The van der Waals surface area contributed by atoms with Crippen molar-refractivity contribution >= 4 is 28.3 Å². The molecule has 158 valence electrons. The number of H-pyrrole nitrogens is 1. The summed E-state index contributed by atoms with van der Waals surface area (Å²) in [5, 5.41) is 7.89. The number of hydrogen-bond acceptors (Lipinski definition) is 5. The van der Waals surface area contributed by atoms with Crippen molar-refractivity contribution in [1.82, 2.24) is 19.7 Å². The molecule has 2 aromatic carbocycles. The minimum Gasteiger partial charge on any atom is -0.469 e. The van der Waals surface area contributed by atoms with Crippen molar-refractivity contribution < 1.29 is 13.6 Å². The molecule has 32 heavy (non-hydrogen) atoms. The number of imidazole rings is 1. The Kier molecular flexibility index (Phi) is 4.17. The van der Waals surface area contributed by atoms with Crippen LogP contribution in [0.4, 0.5) is 15.9 Å². The van der Waals surface area contributed by atoms with E-state index in [-0.39, 0.29) is 17.5 Å². The number of halogens is 1. The predicted molar refractivity (Wildman–Crippen MR) is 117 cm³/mol. The number of fused-ring (bicyclic) bond motifs is 2. The van der Waals surface area contributed by atoms with Crippen LogP contribution in [0.2, 0.25) is 0 Å². The number of benzene rings is 2. The van der Waals surface area contributed by atoms with Gasteiger partial charge in [-0.15, -0.1) is 5.10 Å². The van der Waals surface area contributed by atoms with E-state index in [1.165, 1.54) is 12.1 Å². The van der Waals surface area contributed by atoms with Gasteiger partial charge < -0.3 is 14.7 Å². The molecule has 3 aromatic heterocycles. The zero-order valence-electron chi connectivity index (χ0n) is 16.9. The van der Waals surface area contributed by atoms with E-state index in [0.717, 1.165) is 22.5 Å². The van der Waals surface area contributed by atoms with Gasteiger partial charge in [0.05, 0.1) is 28.6 Å². The average Bonchev–Trinajstić information content (AvgIpc) is 3.54. The summed E-state index contributed by atoms with van der Waals surface area (Å²) < 4.78 is 20.6. The largest absolute Gasteiger partial charge is 0.469 e. The van der Waals surface area contributed by atoms with E-state index in [4.69, 9.17) is 9.52 Å². The standard InChI is InChI=1S/C24H18FN5O2/c25-15-7-9-16(10-8-15)26-23-22-19(12-14(13-20(22)31)21-6-3-11-32-21)30(29-23)24-27-17-4-1-2-5-18(17)28-24/h1-11,14H,12-13H2,(H,26,29)(H,27,28). The van der Waals surface area contributed by atoms with Crippen molar-refractivity contribution in [2.24, 2.45) is 0 Å². The fraction of sp³-hybridized carbons (Fsp3) is 0.125. The third-order valence-corrected chi connectivity index (χ3v) is 5.76. The van der Waals surface area contributed by atoms with Gasteiger partial charge in [0.2, 0.25) is 5.95 Å². The van der Waals surface area contributed by atoms with Crippen molar-refractivity contribution in [3.63, 3.8) is 0 Å². The van der Waals surface area contributed by atoms with Crippen LogP contribution >= 0.6 is 0 Å². The quantitative estimate of drug-likeness (QED) is 0.415. The van der Waals surface area contributed by atoms with Crippen LogP contribution in [0.1, 0.15) is 34.2 Å². The Hall–Kier alpha value is -4.20. The Morgan fingerprint density at radius 3 is 2.69 bits per heavy atom. The van der Waals surface area contributed by atoms with E-state index < -0.39 is 0 Å². The normalized spacial score (nSPS) is 15.8. The number of rotatable bonds is 4. The van der Waals surface area contributed by atoms with E-state index in [0.29, 0.717) is 35.9 Å². The Bertz CT molecular complexity index is 1400. The van der Waals surface area contributed by atoms with Crippen molar-refractivity contribution in [2.45, 2.75) is 18.8 Å². The zero-order valence-corrected chi connectivity index (χ0v) is 16.9. The monoisotopic (exact) mass is 427 g/mol. The van der Waals surface area contributed by atoms with Crippen LogP contribution in [-0.4, -0.2) is 25.5 Å². The van der Waals surface area contributed by atoms with Gasteiger partial charge in [0.25, 0.3) is 0 Å². The number of aromatic nitrogens is 4. The first-order chi connectivity index (χ1) is 15.7. The summed E-state index contributed by atoms with van der Waals surface area (Å²) in [7, 11) is 0. The second kappa shape index (κ2) is 7.19. The second-order valence-corrected chi connectivity index (χ2v) is 7.84. The Labute approximate surface area is 181 Å². The van der Waals surface area contributed by atoms with Gasteiger partial charge in [-0.3, -0.25) is 4.79 Å². The lowest BCUT2D eigenvalue weighted by Gasteiger charge is -2.20. The van der Waals surface area contributed by atoms with Crippen LogP contribution in [0.25, 0.3) is 17.0 Å². The van der Waals surface area contributed by atoms with E-state index in [9.17, 15) is 9.18 Å². The summed E-state index contributed by atoms with van der Waals surface area (Å²) in [5.41, 5.74) is 3.61. The molecule has 0 saturated heterocycles. The fourth-order valence-electron chi connectivity index (χ4n) is 4.26. The third-order valence-electron chi connectivity index (χ3n) is 5.76. The first kappa shape index (κ1) is 18.6. The highest BCUT2D eigenvalue weighted by Gasteiger charge is 2.35. The zero-order chi connectivity index (χ0) is 21.7. The van der Waals surface area contributed by atoms with Gasteiger partial charge in [-0.1, -0.05) is 12.1 Å². The highest BCUT2D eigenvalue weighted by atomic mass is 19.1. The van der Waals surface area contributed by atoms with Gasteiger partial charge in [0.15, 0.2) is 11.6 Å². The van der Waals surface area contributed by atoms with Crippen molar-refractivity contribution in [3.8, 4) is 5.95 Å². The number of anilines is 2. The Morgan fingerprint density at radius 1 is 1.06 bits per heavy atom. The summed E-state index contributed by atoms with van der Waals surface area (Å²) >= 11 is 0. The second-order valence-electron chi connectivity index (χ2n) is 7.84. The van der Waals surface area contributed by atoms with Crippen molar-refractivity contribution in [3.05, 3.63) is 89.8 Å². The van der Waals surface area contributed by atoms with Gasteiger partial charge in [-0.25, -0.2) is 14.1 Å². The van der Waals surface area contributed by atoms with Crippen LogP contribution in [-0.2, 0) is 6.42 Å². The van der Waals surface area contributed by atoms with Crippen LogP contribution in [0.3, 0.4) is 0 Å². The third kappa shape index (κ3) is 3.08. The lowest BCUT2D eigenvalue weighted by atomic mass is 9.85. The van der Waals surface area contributed by atoms with Crippen LogP contribution in [0.5, 0.6) is 0 Å². The molecule has 6 rings (SSSR count). The lowest BCUT2D eigenvalue weighted by Crippen LogP contribution is -2.20. The van der Waals surface area contributed by atoms with Crippen LogP contribution in [0, 0.1) is 5.82 Å². The molecule has 0 saturated carbocycles. The first-order valence-corrected chi connectivity index (χ1v) is 10.3. The molecule has 7 nitrogen and oxygen atoms in total. The molecule has 2 N–H and O–H groups in total. The Balaban J connectivity index is 1.49. The molecule has 3 heterocycles. The number of aromatic amines is 1. The smallest absolute Gasteiger partial charge is 0.229 e. The number of carbonyl (C=O) groups is 1. The number of Topliss-reactive ketones (excluding diaryl/α,β-unsaturated/α-hetero) is 1. The topological polar surface area (TPSA) is 88.7 Å². The molecule has 0 bridgehead atoms. The molecule has 1 aliphatic rings. The van der Waals surface area contributed by atoms with Gasteiger partial charge in [0, 0.05) is 24.4 Å². The number of para-hydroxylation sites is 2. The number of furan rings is 1. The number of hydrogen-bond donors (Lipinski definition) is 2. The predicted octanol–water partition coefficient (Wildman–Crippen LogP) is 5.14. The average molecular weight is 427 g/mol. The summed E-state index contributed by atoms with van der Waals surface area (Å²) in [6.45, 7) is 0. The summed E-state index contributed by atoms with van der Waals surface area (Å²) in [6.07, 6.45) is 2.52. The van der Waals surface area contributed by atoms with Gasteiger partial charge in [0.1, 0.15) is 11.6 Å². The van der Waals surface area contributed by atoms with Gasteiger partial charge >= 0.3 is 0 Å². The Morgan fingerprint density at radius 2 is 1.91 bits per heavy atom. The minimum atomic E-state index is -0.331. The van der Waals surface area contributed by atoms with E-state index in [1.807, 2.05) is 36.4 Å². The maximum absolute atomic E-state index is 13.3. The van der Waals surface area contributed by atoms with Crippen LogP contribution < -0.4 is 5.32 Å². The highest BCUT2D eigenvalue weighted by molar-refractivity contribution is 6.03. The summed E-state index contributed by atoms with van der Waals surface area (Å²) in [6, 6.07) is 17.4. The molecule has 1 unspecified atom stereocenters. The summed E-state index contributed by atoms with van der Waals surface area (Å²) in [4.78, 5) is 21.2. The maximum atomic E-state index is 13.3. The summed E-state index contributed by atoms with van der Waals surface area (Å²) in [5.74, 6) is 1.29. The molecule has 0 aliphatic heterocycles. The van der Waals surface area contributed by atoms with Crippen molar-refractivity contribution in [1.29, 1.82) is 0 Å². The number of nitrogens with zero attached hydrogens (tertiary/aromatic N) is 3. The van der Waals surface area contributed by atoms with Gasteiger partial charge in [-0.05, 0) is 48.5 Å². The molecule has 0 fully saturated rings. The van der Waals surface area contributed by atoms with Crippen molar-refractivity contribution in [2.75, 3.05) is 5.32 Å². The minimum absolute atomic E-state index is 0.0281. The molecule has 0 radical (unpaired) electrons. The number of nitrogens with one attached hydrogen (secondary N) is 2. The van der Waals surface area contributed by atoms with Gasteiger partial charge in [-0.2, -0.15) is 0 Å². The SMILES string of the molecule is O=C1CC(c2ccco2)Cc2c1c(Nc1ccc(F)cc1)nn2-c1nc2ccccc2[nH]1. The molecule has 0 amide bonds. The van der Waals surface area contributed by atoms with E-state index >= 15 is 0 Å². The molecular formula is C24H18FN5O2. The highest BCUT2D eigenvalue weighted by Crippen LogP contribution is 2.38. The molecular weight excluding hydrogens is 409 g/mol. The van der Waals surface area contributed by atoms with E-state index in [1.54, 1.807) is 23.1 Å². The fourth-order valence-corrected chi connectivity index (χ4v) is 4.26. The molecule has 1 aliphatic carbocycles. The number of ketones is 1.